The number of piperidine rings is 1. The minimum absolute atomic E-state index is 0.0122. The van der Waals surface area contributed by atoms with Gasteiger partial charge in [0.2, 0.25) is 5.91 Å². The van der Waals surface area contributed by atoms with Crippen LogP contribution in [0, 0.1) is 0 Å². The van der Waals surface area contributed by atoms with E-state index in [1.54, 1.807) is 4.90 Å². The summed E-state index contributed by atoms with van der Waals surface area (Å²) in [6.07, 6.45) is 1.66. The van der Waals surface area contributed by atoms with Crippen molar-refractivity contribution in [3.05, 3.63) is 0 Å². The van der Waals surface area contributed by atoms with Crippen molar-refractivity contribution in [3.63, 3.8) is 0 Å². The van der Waals surface area contributed by atoms with Crippen LogP contribution in [0.5, 0.6) is 0 Å². The molecule has 7 heteroatoms. The number of rotatable bonds is 7. The Balaban J connectivity index is 2.17. The molecule has 1 rings (SSSR count). The number of amides is 1. The number of aliphatic hydroxyl groups excluding tert-OH is 1. The molecule has 1 heterocycles. The largest absolute Gasteiger partial charge is 0.481 e. The molecule has 1 aliphatic heterocycles. The monoisotopic (exact) mass is 277 g/mol. The zero-order chi connectivity index (χ0) is 13.4. The lowest BCUT2D eigenvalue weighted by Gasteiger charge is -2.31. The average molecular weight is 277 g/mol. The second-order valence-electron chi connectivity index (χ2n) is 4.06. The lowest BCUT2D eigenvalue weighted by atomic mass is 10.1. The molecule has 18 heavy (non-hydrogen) atoms. The maximum Gasteiger partial charge on any atom is 0.313 e. The third-order valence-corrected chi connectivity index (χ3v) is 3.59. The molecule has 104 valence electrons. The van der Waals surface area contributed by atoms with E-state index in [-0.39, 0.29) is 30.1 Å². The van der Waals surface area contributed by atoms with Crippen LogP contribution in [-0.2, 0) is 14.3 Å². The van der Waals surface area contributed by atoms with Crippen LogP contribution in [0.3, 0.4) is 0 Å². The van der Waals surface area contributed by atoms with Gasteiger partial charge in [0.1, 0.15) is 0 Å². The first-order valence-corrected chi connectivity index (χ1v) is 7.08. The van der Waals surface area contributed by atoms with Gasteiger partial charge in [0.05, 0.1) is 30.8 Å². The van der Waals surface area contributed by atoms with Crippen molar-refractivity contribution in [3.8, 4) is 0 Å². The third-order valence-electron chi connectivity index (χ3n) is 2.69. The summed E-state index contributed by atoms with van der Waals surface area (Å²) in [5.74, 6) is -0.734. The molecule has 0 bridgehead atoms. The number of carboxylic acids is 1. The van der Waals surface area contributed by atoms with E-state index in [9.17, 15) is 9.59 Å². The van der Waals surface area contributed by atoms with Crippen LogP contribution in [0.15, 0.2) is 0 Å². The quantitative estimate of drug-likeness (QED) is 0.670. The predicted molar refractivity (Wildman–Crippen MR) is 67.6 cm³/mol. The summed E-state index contributed by atoms with van der Waals surface area (Å²) in [6.45, 7) is 1.64. The SMILES string of the molecule is O=C(O)CSCC(=O)N1CCC(OCCO)CC1. The first-order chi connectivity index (χ1) is 8.63. The molecule has 6 nitrogen and oxygen atoms in total. The fourth-order valence-corrected chi connectivity index (χ4v) is 2.44. The molecule has 0 aliphatic carbocycles. The number of thioether (sulfide) groups is 1. The van der Waals surface area contributed by atoms with Crippen LogP contribution in [0.1, 0.15) is 12.8 Å². The maximum atomic E-state index is 11.7. The van der Waals surface area contributed by atoms with Gasteiger partial charge >= 0.3 is 5.97 Å². The number of nitrogens with zero attached hydrogens (tertiary/aromatic N) is 1. The van der Waals surface area contributed by atoms with E-state index in [1.165, 1.54) is 0 Å². The van der Waals surface area contributed by atoms with Gasteiger partial charge in [0, 0.05) is 13.1 Å². The van der Waals surface area contributed by atoms with Gasteiger partial charge in [-0.25, -0.2) is 0 Å². The van der Waals surface area contributed by atoms with Crippen molar-refractivity contribution in [2.75, 3.05) is 37.8 Å². The van der Waals surface area contributed by atoms with E-state index in [0.29, 0.717) is 19.7 Å². The van der Waals surface area contributed by atoms with Gasteiger partial charge in [0.25, 0.3) is 0 Å². The standard InChI is InChI=1S/C11H19NO5S/c13-5-6-17-9-1-3-12(4-2-9)10(14)7-18-8-11(15)16/h9,13H,1-8H2,(H,15,16). The Morgan fingerprint density at radius 3 is 2.50 bits per heavy atom. The molecular weight excluding hydrogens is 258 g/mol. The first kappa shape index (κ1) is 15.3. The highest BCUT2D eigenvalue weighted by atomic mass is 32.2. The van der Waals surface area contributed by atoms with Gasteiger partial charge in [-0.3, -0.25) is 9.59 Å². The highest BCUT2D eigenvalue weighted by molar-refractivity contribution is 8.00. The Morgan fingerprint density at radius 1 is 1.28 bits per heavy atom. The fraction of sp³-hybridized carbons (Fsp3) is 0.818. The Labute approximate surface area is 110 Å². The number of ether oxygens (including phenoxy) is 1. The topological polar surface area (TPSA) is 87.1 Å². The molecule has 0 aromatic heterocycles. The highest BCUT2D eigenvalue weighted by Crippen LogP contribution is 2.15. The number of carbonyl (C=O) groups is 2. The van der Waals surface area contributed by atoms with Gasteiger partial charge in [-0.15, -0.1) is 11.8 Å². The number of hydrogen-bond acceptors (Lipinski definition) is 5. The Hall–Kier alpha value is -0.790. The van der Waals surface area contributed by atoms with E-state index in [1.807, 2.05) is 0 Å². The van der Waals surface area contributed by atoms with Crippen LogP contribution in [0.2, 0.25) is 0 Å². The van der Waals surface area contributed by atoms with Gasteiger partial charge < -0.3 is 19.8 Å². The summed E-state index contributed by atoms with van der Waals surface area (Å²) < 4.78 is 5.40. The van der Waals surface area contributed by atoms with Crippen LogP contribution in [0.4, 0.5) is 0 Å². The summed E-state index contributed by atoms with van der Waals surface area (Å²) in [4.78, 5) is 23.8. The van der Waals surface area contributed by atoms with Gasteiger partial charge in [-0.05, 0) is 12.8 Å². The maximum absolute atomic E-state index is 11.7. The molecule has 0 unspecified atom stereocenters. The Morgan fingerprint density at radius 2 is 1.94 bits per heavy atom. The molecule has 0 atom stereocenters. The molecule has 0 spiro atoms. The van der Waals surface area contributed by atoms with E-state index < -0.39 is 5.97 Å². The van der Waals surface area contributed by atoms with Crippen molar-refractivity contribution >= 4 is 23.6 Å². The van der Waals surface area contributed by atoms with Crippen molar-refractivity contribution in [1.82, 2.24) is 4.90 Å². The van der Waals surface area contributed by atoms with E-state index in [0.717, 1.165) is 24.6 Å². The smallest absolute Gasteiger partial charge is 0.313 e. The minimum Gasteiger partial charge on any atom is -0.481 e. The van der Waals surface area contributed by atoms with E-state index in [2.05, 4.69) is 0 Å². The zero-order valence-electron chi connectivity index (χ0n) is 10.2. The number of aliphatic carboxylic acids is 1. The summed E-state index contributed by atoms with van der Waals surface area (Å²) in [7, 11) is 0. The Bertz CT molecular complexity index is 279. The van der Waals surface area contributed by atoms with Crippen LogP contribution in [0.25, 0.3) is 0 Å². The van der Waals surface area contributed by atoms with Crippen molar-refractivity contribution in [2.45, 2.75) is 18.9 Å². The van der Waals surface area contributed by atoms with E-state index in [4.69, 9.17) is 14.9 Å². The third kappa shape index (κ3) is 5.70. The predicted octanol–water partition coefficient (Wildman–Crippen LogP) is -0.196. The van der Waals surface area contributed by atoms with Crippen LogP contribution < -0.4 is 0 Å². The van der Waals surface area contributed by atoms with E-state index >= 15 is 0 Å². The molecule has 0 aromatic rings. The molecule has 0 saturated carbocycles. The molecule has 1 saturated heterocycles. The lowest BCUT2D eigenvalue weighted by Crippen LogP contribution is -2.42. The molecule has 0 aromatic carbocycles. The van der Waals surface area contributed by atoms with Crippen LogP contribution in [-0.4, -0.2) is 70.9 Å². The average Bonchev–Trinajstić information content (AvgIpc) is 2.36. The van der Waals surface area contributed by atoms with Gasteiger partial charge in [-0.1, -0.05) is 0 Å². The van der Waals surface area contributed by atoms with Crippen molar-refractivity contribution < 1.29 is 24.5 Å². The minimum atomic E-state index is -0.899. The van der Waals surface area contributed by atoms with Crippen LogP contribution >= 0.6 is 11.8 Å². The molecule has 0 radical (unpaired) electrons. The highest BCUT2D eigenvalue weighted by Gasteiger charge is 2.22. The molecule has 1 amide bonds. The van der Waals surface area contributed by atoms with Gasteiger partial charge in [0.15, 0.2) is 0 Å². The summed E-state index contributed by atoms with van der Waals surface area (Å²) in [5.41, 5.74) is 0. The lowest BCUT2D eigenvalue weighted by molar-refractivity contribution is -0.133. The van der Waals surface area contributed by atoms with Crippen molar-refractivity contribution in [1.29, 1.82) is 0 Å². The van der Waals surface area contributed by atoms with Crippen molar-refractivity contribution in [2.24, 2.45) is 0 Å². The molecule has 2 N–H and O–H groups in total. The second kappa shape index (κ2) is 8.34. The number of likely N-dealkylation sites (tertiary alicyclic amines) is 1. The second-order valence-corrected chi connectivity index (χ2v) is 5.05. The molecular formula is C11H19NO5S. The Kier molecular flexibility index (Phi) is 7.07. The summed E-state index contributed by atoms with van der Waals surface area (Å²) in [6, 6.07) is 0. The fourth-order valence-electron chi connectivity index (χ4n) is 1.81. The number of hydrogen-bond donors (Lipinski definition) is 2. The first-order valence-electron chi connectivity index (χ1n) is 5.93. The molecule has 1 fully saturated rings. The summed E-state index contributed by atoms with van der Waals surface area (Å²) in [5, 5.41) is 17.1. The zero-order valence-corrected chi connectivity index (χ0v) is 11.0. The normalized spacial score (nSPS) is 16.8. The number of carbonyl (C=O) groups excluding carboxylic acids is 1. The molecule has 1 aliphatic rings. The van der Waals surface area contributed by atoms with Gasteiger partial charge in [-0.2, -0.15) is 0 Å². The summed E-state index contributed by atoms with van der Waals surface area (Å²) >= 11 is 1.12. The number of aliphatic hydroxyl groups is 1. The number of carboxylic acid groups (broad SMARTS) is 1.